The fourth-order valence-electron chi connectivity index (χ4n) is 2.95. The van der Waals surface area contributed by atoms with E-state index in [0.717, 1.165) is 11.1 Å². The molecule has 0 aromatic heterocycles. The molecule has 0 unspecified atom stereocenters. The maximum Gasteiger partial charge on any atom is 0.321 e. The van der Waals surface area contributed by atoms with E-state index in [1.807, 2.05) is 18.2 Å². The number of methoxy groups -OCH3 is 1. The van der Waals surface area contributed by atoms with Crippen LogP contribution in [0.3, 0.4) is 0 Å². The first kappa shape index (κ1) is 20.0. The van der Waals surface area contributed by atoms with Crippen LogP contribution in [-0.2, 0) is 11.4 Å². The van der Waals surface area contributed by atoms with Crippen molar-refractivity contribution < 1.29 is 24.3 Å². The van der Waals surface area contributed by atoms with Crippen molar-refractivity contribution in [2.75, 3.05) is 12.9 Å². The number of hydrogen-bond donors (Lipinski definition) is 2. The number of ether oxygens (including phenoxy) is 2. The van der Waals surface area contributed by atoms with Crippen LogP contribution in [-0.4, -0.2) is 34.9 Å². The number of hydrogen-bond acceptors (Lipinski definition) is 7. The van der Waals surface area contributed by atoms with Crippen LogP contribution < -0.4 is 14.8 Å². The molecule has 3 rings (SSSR count). The van der Waals surface area contributed by atoms with E-state index >= 15 is 0 Å². The summed E-state index contributed by atoms with van der Waals surface area (Å²) in [5.74, 6) is 0.846. The summed E-state index contributed by atoms with van der Waals surface area (Å²) in [5, 5.41) is 23.0. The van der Waals surface area contributed by atoms with Crippen molar-refractivity contribution >= 4 is 23.4 Å². The van der Waals surface area contributed by atoms with Gasteiger partial charge in [-0.1, -0.05) is 6.07 Å². The Morgan fingerprint density at radius 1 is 1.32 bits per heavy atom. The Balaban J connectivity index is 1.76. The number of nitro groups is 1. The van der Waals surface area contributed by atoms with Gasteiger partial charge in [-0.2, -0.15) is 0 Å². The van der Waals surface area contributed by atoms with E-state index in [-0.39, 0.29) is 17.7 Å². The van der Waals surface area contributed by atoms with Crippen molar-refractivity contribution in [2.45, 2.75) is 24.9 Å². The van der Waals surface area contributed by atoms with Crippen LogP contribution in [0.1, 0.15) is 22.1 Å². The molecule has 1 heterocycles. The molecule has 2 atom stereocenters. The molecule has 0 saturated carbocycles. The largest absolute Gasteiger partial charge is 0.496 e. The molecule has 1 aliphatic heterocycles. The third-order valence-electron chi connectivity index (χ3n) is 4.44. The Bertz CT molecular complexity index is 904. The minimum Gasteiger partial charge on any atom is -0.496 e. The molecular formula is C19H20N2O6S. The van der Waals surface area contributed by atoms with Gasteiger partial charge in [-0.3, -0.25) is 20.2 Å². The average Bonchev–Trinajstić information content (AvgIpc) is 3.17. The minimum absolute atomic E-state index is 0.0155. The third-order valence-corrected chi connectivity index (χ3v) is 5.71. The highest BCUT2D eigenvalue weighted by Gasteiger charge is 2.30. The molecule has 1 aliphatic rings. The Kier molecular flexibility index (Phi) is 6.05. The molecule has 0 bridgehead atoms. The van der Waals surface area contributed by atoms with Crippen LogP contribution in [0.15, 0.2) is 36.4 Å². The van der Waals surface area contributed by atoms with Crippen molar-refractivity contribution in [1.82, 2.24) is 5.32 Å². The van der Waals surface area contributed by atoms with Crippen molar-refractivity contribution in [3.05, 3.63) is 63.2 Å². The highest BCUT2D eigenvalue weighted by atomic mass is 32.2. The summed E-state index contributed by atoms with van der Waals surface area (Å²) in [6, 6.07) is 9.53. The van der Waals surface area contributed by atoms with E-state index in [1.165, 1.54) is 23.9 Å². The molecule has 0 spiro atoms. The van der Waals surface area contributed by atoms with E-state index in [4.69, 9.17) is 14.6 Å². The molecule has 2 N–H and O–H groups in total. The number of aliphatic carboxylic acids is 1. The Morgan fingerprint density at radius 2 is 2.07 bits per heavy atom. The Morgan fingerprint density at radius 3 is 2.68 bits per heavy atom. The number of aryl methyl sites for hydroxylation is 1. The van der Waals surface area contributed by atoms with Crippen LogP contribution in [0.4, 0.5) is 5.69 Å². The number of benzene rings is 2. The van der Waals surface area contributed by atoms with E-state index in [0.29, 0.717) is 22.8 Å². The molecule has 2 aromatic rings. The van der Waals surface area contributed by atoms with Crippen molar-refractivity contribution in [2.24, 2.45) is 0 Å². The summed E-state index contributed by atoms with van der Waals surface area (Å²) in [5.41, 5.74) is 2.43. The molecule has 8 nitrogen and oxygen atoms in total. The average molecular weight is 404 g/mol. The number of nitrogens with one attached hydrogen (secondary N) is 1. The topological polar surface area (TPSA) is 111 Å². The highest BCUT2D eigenvalue weighted by Crippen LogP contribution is 2.35. The fourth-order valence-corrected chi connectivity index (χ4v) is 4.17. The maximum atomic E-state index is 11.1. The van der Waals surface area contributed by atoms with Crippen molar-refractivity contribution in [3.8, 4) is 11.5 Å². The van der Waals surface area contributed by atoms with Gasteiger partial charge in [0.2, 0.25) is 0 Å². The number of carboxylic acid groups (broad SMARTS) is 1. The number of thioether (sulfide) groups is 1. The summed E-state index contributed by atoms with van der Waals surface area (Å²) >= 11 is 1.54. The quantitative estimate of drug-likeness (QED) is 0.534. The normalized spacial score (nSPS) is 18.6. The third kappa shape index (κ3) is 4.37. The van der Waals surface area contributed by atoms with Gasteiger partial charge < -0.3 is 14.6 Å². The van der Waals surface area contributed by atoms with Crippen LogP contribution in [0, 0.1) is 17.0 Å². The van der Waals surface area contributed by atoms with Gasteiger partial charge in [0.25, 0.3) is 5.69 Å². The summed E-state index contributed by atoms with van der Waals surface area (Å²) in [7, 11) is 1.57. The van der Waals surface area contributed by atoms with Crippen LogP contribution in [0.5, 0.6) is 11.5 Å². The maximum absolute atomic E-state index is 11.1. The molecule has 0 radical (unpaired) electrons. The second-order valence-electron chi connectivity index (χ2n) is 6.34. The van der Waals surface area contributed by atoms with Gasteiger partial charge >= 0.3 is 5.97 Å². The standard InChI is InChI=1S/C19H20N2O6S/c1-11-7-14(21(24)25)4-6-16(11)27-9-13-8-12(3-5-17(13)26-2)18-20-15(10-28-18)19(22)23/h3-8,15,18,20H,9-10H2,1-2H3,(H,22,23)/t15-,18-/m1/s1. The summed E-state index contributed by atoms with van der Waals surface area (Å²) in [6.45, 7) is 1.97. The first-order valence-electron chi connectivity index (χ1n) is 8.54. The van der Waals surface area contributed by atoms with Crippen LogP contribution in [0.25, 0.3) is 0 Å². The molecule has 1 saturated heterocycles. The monoisotopic (exact) mass is 404 g/mol. The van der Waals surface area contributed by atoms with Gasteiger partial charge in [0, 0.05) is 23.4 Å². The summed E-state index contributed by atoms with van der Waals surface area (Å²) < 4.78 is 11.3. The number of carbonyl (C=O) groups is 1. The predicted octanol–water partition coefficient (Wildman–Crippen LogP) is 3.28. The van der Waals surface area contributed by atoms with Gasteiger partial charge in [0.1, 0.15) is 24.1 Å². The SMILES string of the molecule is COc1ccc([C@@H]2N[C@@H](C(=O)O)CS2)cc1COc1ccc([N+](=O)[O-])cc1C. The van der Waals surface area contributed by atoms with Crippen LogP contribution >= 0.6 is 11.8 Å². The minimum atomic E-state index is -0.860. The molecule has 1 fully saturated rings. The highest BCUT2D eigenvalue weighted by molar-refractivity contribution is 7.99. The number of nitrogens with zero attached hydrogens (tertiary/aromatic N) is 1. The molecule has 148 valence electrons. The second-order valence-corrected chi connectivity index (χ2v) is 7.48. The number of nitro benzene ring substituents is 1. The van der Waals surface area contributed by atoms with Crippen molar-refractivity contribution in [3.63, 3.8) is 0 Å². The first-order valence-corrected chi connectivity index (χ1v) is 9.59. The summed E-state index contributed by atoms with van der Waals surface area (Å²) in [4.78, 5) is 21.6. The lowest BCUT2D eigenvalue weighted by Gasteiger charge is -2.16. The molecule has 9 heteroatoms. The first-order chi connectivity index (χ1) is 13.4. The Hall–Kier alpha value is -2.78. The zero-order valence-corrected chi connectivity index (χ0v) is 16.2. The van der Waals surface area contributed by atoms with Crippen molar-refractivity contribution in [1.29, 1.82) is 0 Å². The predicted molar refractivity (Wildman–Crippen MR) is 105 cm³/mol. The fraction of sp³-hybridized carbons (Fsp3) is 0.316. The number of non-ortho nitro benzene ring substituents is 1. The van der Waals surface area contributed by atoms with Gasteiger partial charge in [-0.05, 0) is 36.2 Å². The van der Waals surface area contributed by atoms with Gasteiger partial charge in [-0.15, -0.1) is 11.8 Å². The van der Waals surface area contributed by atoms with E-state index in [2.05, 4.69) is 5.32 Å². The lowest BCUT2D eigenvalue weighted by molar-refractivity contribution is -0.384. The van der Waals surface area contributed by atoms with Gasteiger partial charge in [-0.25, -0.2) is 0 Å². The molecule has 0 aliphatic carbocycles. The van der Waals surface area contributed by atoms with E-state index in [1.54, 1.807) is 20.1 Å². The van der Waals surface area contributed by atoms with Gasteiger partial charge in [0.15, 0.2) is 0 Å². The zero-order valence-electron chi connectivity index (χ0n) is 15.4. The van der Waals surface area contributed by atoms with E-state index in [9.17, 15) is 14.9 Å². The number of rotatable bonds is 7. The number of carboxylic acids is 1. The van der Waals surface area contributed by atoms with E-state index < -0.39 is 16.9 Å². The Labute approximate surface area is 166 Å². The molecule has 0 amide bonds. The molecule has 28 heavy (non-hydrogen) atoms. The lowest BCUT2D eigenvalue weighted by atomic mass is 10.1. The molecular weight excluding hydrogens is 384 g/mol. The second kappa shape index (κ2) is 8.49. The van der Waals surface area contributed by atoms with Crippen LogP contribution in [0.2, 0.25) is 0 Å². The lowest BCUT2D eigenvalue weighted by Crippen LogP contribution is -2.33. The molecule has 2 aromatic carbocycles. The summed E-state index contributed by atoms with van der Waals surface area (Å²) in [6.07, 6.45) is 0. The van der Waals surface area contributed by atoms with Gasteiger partial charge in [0.05, 0.1) is 17.4 Å². The smallest absolute Gasteiger partial charge is 0.321 e. The zero-order chi connectivity index (χ0) is 20.3.